The fraction of sp³-hybridized carbons (Fsp3) is 0.263. The zero-order valence-electron chi connectivity index (χ0n) is 17.2. The molecule has 4 heterocycles. The third-order valence-corrected chi connectivity index (χ3v) is 4.51. The topological polar surface area (TPSA) is 115 Å². The molecule has 2 amide bonds. The minimum absolute atomic E-state index is 0.00282. The van der Waals surface area contributed by atoms with Gasteiger partial charge in [0, 0.05) is 5.56 Å². The molecule has 0 saturated carbocycles. The summed E-state index contributed by atoms with van der Waals surface area (Å²) < 4.78 is 42.2. The van der Waals surface area contributed by atoms with Gasteiger partial charge in [-0.15, -0.1) is 4.80 Å². The Bertz CT molecular complexity index is 1280. The van der Waals surface area contributed by atoms with Gasteiger partial charge in [-0.05, 0) is 18.9 Å². The number of fused-ring (bicyclic) bond motifs is 1. The van der Waals surface area contributed by atoms with Crippen molar-refractivity contribution in [2.45, 2.75) is 32.9 Å². The van der Waals surface area contributed by atoms with Crippen LogP contribution in [0.1, 0.15) is 36.6 Å². The number of hydrogen-bond donors (Lipinski definition) is 2. The number of aromatic nitrogens is 7. The standard InChI is InChI=1S/C19H18F3N9O/c1-10(2)15-14(8-26-30-9-11(3)27-17(15)30)29-18(32)28-12-6-13(19(20,21)22)16(23-7-12)31-24-4-5-25-31/h4-10H,1-3H3,(H2,28,29,32). The van der Waals surface area contributed by atoms with Gasteiger partial charge in [0.1, 0.15) is 5.56 Å². The molecule has 4 aromatic rings. The summed E-state index contributed by atoms with van der Waals surface area (Å²) in [5, 5.41) is 16.6. The van der Waals surface area contributed by atoms with Crippen molar-refractivity contribution in [3.63, 3.8) is 0 Å². The zero-order valence-corrected chi connectivity index (χ0v) is 17.2. The molecular formula is C19H18F3N9O. The number of hydrogen-bond acceptors (Lipinski definition) is 6. The SMILES string of the molecule is Cc1cn2ncc(NC(=O)Nc3cnc(-n4nccn4)c(C(F)(F)F)c3)c(C(C)C)c2n1. The number of rotatable bonds is 4. The first-order chi connectivity index (χ1) is 15.1. The lowest BCUT2D eigenvalue weighted by atomic mass is 10.0. The van der Waals surface area contributed by atoms with E-state index in [0.717, 1.165) is 28.3 Å². The lowest BCUT2D eigenvalue weighted by Crippen LogP contribution is -2.22. The van der Waals surface area contributed by atoms with Gasteiger partial charge in [-0.3, -0.25) is 0 Å². The van der Waals surface area contributed by atoms with E-state index in [4.69, 9.17) is 0 Å². The fourth-order valence-corrected chi connectivity index (χ4v) is 3.24. The molecule has 0 aliphatic carbocycles. The number of halogens is 3. The Morgan fingerprint density at radius 1 is 1.09 bits per heavy atom. The van der Waals surface area contributed by atoms with Crippen LogP contribution >= 0.6 is 0 Å². The molecule has 0 aliphatic rings. The lowest BCUT2D eigenvalue weighted by molar-refractivity contribution is -0.137. The molecule has 0 bridgehead atoms. The number of anilines is 2. The Kier molecular flexibility index (Phi) is 5.24. The van der Waals surface area contributed by atoms with Crippen LogP contribution in [-0.2, 0) is 6.18 Å². The van der Waals surface area contributed by atoms with Crippen molar-refractivity contribution >= 4 is 23.1 Å². The Balaban J connectivity index is 1.62. The molecule has 0 aromatic carbocycles. The molecule has 0 atom stereocenters. The number of alkyl halides is 3. The van der Waals surface area contributed by atoms with Crippen molar-refractivity contribution in [1.29, 1.82) is 0 Å². The second-order valence-corrected chi connectivity index (χ2v) is 7.27. The van der Waals surface area contributed by atoms with Crippen LogP contribution in [-0.4, -0.2) is 40.6 Å². The van der Waals surface area contributed by atoms with E-state index < -0.39 is 23.6 Å². The van der Waals surface area contributed by atoms with E-state index >= 15 is 0 Å². The van der Waals surface area contributed by atoms with Gasteiger partial charge < -0.3 is 10.6 Å². The van der Waals surface area contributed by atoms with E-state index in [0.29, 0.717) is 11.3 Å². The first kappa shape index (κ1) is 21.2. The Hall–Kier alpha value is -4.03. The largest absolute Gasteiger partial charge is 0.420 e. The molecule has 0 saturated heterocycles. The number of imidazole rings is 1. The van der Waals surface area contributed by atoms with Crippen molar-refractivity contribution in [2.75, 3.05) is 10.6 Å². The van der Waals surface area contributed by atoms with Crippen LogP contribution in [0.25, 0.3) is 11.5 Å². The highest BCUT2D eigenvalue weighted by Gasteiger charge is 2.36. The third kappa shape index (κ3) is 4.08. The highest BCUT2D eigenvalue weighted by molar-refractivity contribution is 6.00. The maximum absolute atomic E-state index is 13.5. The summed E-state index contributed by atoms with van der Waals surface area (Å²) in [5.41, 5.74) is 1.26. The summed E-state index contributed by atoms with van der Waals surface area (Å²) in [4.78, 5) is 21.5. The van der Waals surface area contributed by atoms with Crippen molar-refractivity contribution in [3.8, 4) is 5.82 Å². The van der Waals surface area contributed by atoms with E-state index in [1.54, 1.807) is 10.7 Å². The number of amides is 2. The van der Waals surface area contributed by atoms with Gasteiger partial charge in [0.2, 0.25) is 0 Å². The van der Waals surface area contributed by atoms with Crippen molar-refractivity contribution < 1.29 is 18.0 Å². The second-order valence-electron chi connectivity index (χ2n) is 7.27. The molecule has 4 rings (SSSR count). The second kappa shape index (κ2) is 7.90. The van der Waals surface area contributed by atoms with Gasteiger partial charge >= 0.3 is 12.2 Å². The smallest absolute Gasteiger partial charge is 0.306 e. The summed E-state index contributed by atoms with van der Waals surface area (Å²) in [6, 6.07) is 0.0230. The molecule has 10 nitrogen and oxygen atoms in total. The maximum atomic E-state index is 13.5. The minimum atomic E-state index is -4.73. The normalized spacial score (nSPS) is 11.8. The van der Waals surface area contributed by atoms with Gasteiger partial charge in [0.15, 0.2) is 11.5 Å². The Labute approximate surface area is 179 Å². The molecule has 32 heavy (non-hydrogen) atoms. The van der Waals surface area contributed by atoms with Crippen LogP contribution in [0.15, 0.2) is 37.1 Å². The minimum Gasteiger partial charge on any atom is -0.306 e. The van der Waals surface area contributed by atoms with Gasteiger partial charge in [-0.25, -0.2) is 19.3 Å². The van der Waals surface area contributed by atoms with Crippen LogP contribution in [0.3, 0.4) is 0 Å². The average molecular weight is 445 g/mol. The molecular weight excluding hydrogens is 427 g/mol. The summed E-state index contributed by atoms with van der Waals surface area (Å²) >= 11 is 0. The van der Waals surface area contributed by atoms with E-state index in [1.165, 1.54) is 18.6 Å². The molecule has 4 aromatic heterocycles. The molecule has 0 aliphatic heterocycles. The number of carbonyl (C=O) groups excluding carboxylic acids is 1. The number of nitrogens with zero attached hydrogens (tertiary/aromatic N) is 7. The van der Waals surface area contributed by atoms with Crippen LogP contribution in [0.2, 0.25) is 0 Å². The predicted molar refractivity (Wildman–Crippen MR) is 109 cm³/mol. The van der Waals surface area contributed by atoms with Gasteiger partial charge in [-0.2, -0.15) is 28.5 Å². The van der Waals surface area contributed by atoms with Gasteiger partial charge in [-0.1, -0.05) is 13.8 Å². The van der Waals surface area contributed by atoms with Crippen LogP contribution in [0.5, 0.6) is 0 Å². The summed E-state index contributed by atoms with van der Waals surface area (Å²) in [6.45, 7) is 5.69. The number of aryl methyl sites for hydroxylation is 1. The van der Waals surface area contributed by atoms with Crippen LogP contribution in [0, 0.1) is 6.92 Å². The van der Waals surface area contributed by atoms with E-state index in [9.17, 15) is 18.0 Å². The number of nitrogens with one attached hydrogen (secondary N) is 2. The number of carbonyl (C=O) groups is 1. The third-order valence-electron chi connectivity index (χ3n) is 4.51. The summed E-state index contributed by atoms with van der Waals surface area (Å²) in [7, 11) is 0. The van der Waals surface area contributed by atoms with Crippen molar-refractivity contribution in [1.82, 2.24) is 34.6 Å². The summed E-state index contributed by atoms with van der Waals surface area (Å²) in [5.74, 6) is -0.503. The average Bonchev–Trinajstić information content (AvgIpc) is 3.35. The highest BCUT2D eigenvalue weighted by atomic mass is 19.4. The highest BCUT2D eigenvalue weighted by Crippen LogP contribution is 2.34. The van der Waals surface area contributed by atoms with E-state index in [1.807, 2.05) is 20.8 Å². The van der Waals surface area contributed by atoms with E-state index in [-0.39, 0.29) is 11.6 Å². The first-order valence-corrected chi connectivity index (χ1v) is 9.50. The van der Waals surface area contributed by atoms with Crippen LogP contribution in [0.4, 0.5) is 29.3 Å². The van der Waals surface area contributed by atoms with Gasteiger partial charge in [0.25, 0.3) is 0 Å². The molecule has 166 valence electrons. The molecule has 2 N–H and O–H groups in total. The quantitative estimate of drug-likeness (QED) is 0.494. The van der Waals surface area contributed by atoms with E-state index in [2.05, 4.69) is 35.9 Å². The molecule has 13 heteroatoms. The number of pyridine rings is 1. The first-order valence-electron chi connectivity index (χ1n) is 9.50. The molecule has 0 radical (unpaired) electrons. The number of urea groups is 1. The lowest BCUT2D eigenvalue weighted by Gasteiger charge is -2.16. The molecule has 0 unspecified atom stereocenters. The van der Waals surface area contributed by atoms with Crippen molar-refractivity contribution in [3.05, 3.63) is 53.9 Å². The Morgan fingerprint density at radius 2 is 1.81 bits per heavy atom. The maximum Gasteiger partial charge on any atom is 0.420 e. The van der Waals surface area contributed by atoms with Crippen LogP contribution < -0.4 is 10.6 Å². The zero-order chi connectivity index (χ0) is 23.0. The van der Waals surface area contributed by atoms with Gasteiger partial charge in [0.05, 0.1) is 48.1 Å². The molecule has 0 fully saturated rings. The predicted octanol–water partition coefficient (Wildman–Crippen LogP) is 3.80. The van der Waals surface area contributed by atoms with Crippen molar-refractivity contribution in [2.24, 2.45) is 0 Å². The summed E-state index contributed by atoms with van der Waals surface area (Å²) in [6.07, 6.45) is 2.05. The monoisotopic (exact) mass is 445 g/mol. The Morgan fingerprint density at radius 3 is 2.47 bits per heavy atom. The fourth-order valence-electron chi connectivity index (χ4n) is 3.24. The molecule has 0 spiro atoms.